The molecule has 0 aliphatic heterocycles. The molecule has 5 nitrogen and oxygen atoms in total. The van der Waals surface area contributed by atoms with Gasteiger partial charge in [-0.1, -0.05) is 45.7 Å². The number of aromatic nitrogens is 2. The molecule has 0 saturated carbocycles. The maximum Gasteiger partial charge on any atom is 0.340 e. The van der Waals surface area contributed by atoms with Crippen LogP contribution in [0.2, 0.25) is 5.02 Å². The van der Waals surface area contributed by atoms with E-state index in [4.69, 9.17) is 16.3 Å². The van der Waals surface area contributed by atoms with Crippen LogP contribution < -0.4 is 0 Å². The normalized spacial score (nSPS) is 10.9. The van der Waals surface area contributed by atoms with Gasteiger partial charge in [0, 0.05) is 20.6 Å². The number of esters is 1. The summed E-state index contributed by atoms with van der Waals surface area (Å²) < 4.78 is 7.68. The van der Waals surface area contributed by atoms with Crippen LogP contribution in [0.25, 0.3) is 16.8 Å². The third-order valence-electron chi connectivity index (χ3n) is 4.65. The highest BCUT2D eigenvalue weighted by Crippen LogP contribution is 2.29. The first-order valence-electron chi connectivity index (χ1n) is 9.23. The van der Waals surface area contributed by atoms with E-state index in [9.17, 15) is 9.59 Å². The fourth-order valence-electron chi connectivity index (χ4n) is 3.21. The van der Waals surface area contributed by atoms with E-state index in [1.165, 1.54) is 6.33 Å². The molecule has 0 bridgehead atoms. The van der Waals surface area contributed by atoms with Crippen molar-refractivity contribution in [3.05, 3.63) is 93.3 Å². The Kier molecular flexibility index (Phi) is 5.70. The third-order valence-corrected chi connectivity index (χ3v) is 5.50. The zero-order valence-corrected chi connectivity index (χ0v) is 18.3. The largest absolute Gasteiger partial charge is 0.462 e. The van der Waals surface area contributed by atoms with Gasteiger partial charge in [0.2, 0.25) is 5.78 Å². The summed E-state index contributed by atoms with van der Waals surface area (Å²) in [6.07, 6.45) is 1.53. The minimum absolute atomic E-state index is 0.222. The Labute approximate surface area is 186 Å². The number of carbonyl (C=O) groups excluding carboxylic acids is 2. The average molecular weight is 484 g/mol. The fourth-order valence-corrected chi connectivity index (χ4v) is 3.71. The molecule has 30 heavy (non-hydrogen) atoms. The van der Waals surface area contributed by atoms with E-state index in [0.29, 0.717) is 33.1 Å². The molecule has 4 rings (SSSR count). The second kappa shape index (κ2) is 8.42. The van der Waals surface area contributed by atoms with Crippen molar-refractivity contribution >= 4 is 44.8 Å². The minimum atomic E-state index is -0.499. The molecule has 0 N–H and O–H groups in total. The number of ether oxygens (including phenoxy) is 1. The van der Waals surface area contributed by atoms with Crippen LogP contribution in [-0.4, -0.2) is 27.7 Å². The van der Waals surface area contributed by atoms with Crippen LogP contribution in [0.3, 0.4) is 0 Å². The van der Waals surface area contributed by atoms with Gasteiger partial charge in [0.05, 0.1) is 29.1 Å². The fraction of sp³-hybridized carbons (Fsp3) is 0.0870. The second-order valence-corrected chi connectivity index (χ2v) is 7.83. The molecule has 0 radical (unpaired) electrons. The van der Waals surface area contributed by atoms with E-state index in [1.807, 2.05) is 18.2 Å². The SMILES string of the molecule is CCOC(=O)c1cc(C(=O)c2ccc(Br)cc2)n2cnc(-c3ccccc3Cl)cc12. The van der Waals surface area contributed by atoms with E-state index in [0.717, 1.165) is 10.0 Å². The Morgan fingerprint density at radius 1 is 1.10 bits per heavy atom. The van der Waals surface area contributed by atoms with Crippen molar-refractivity contribution in [1.82, 2.24) is 9.38 Å². The van der Waals surface area contributed by atoms with E-state index < -0.39 is 5.97 Å². The lowest BCUT2D eigenvalue weighted by molar-refractivity contribution is 0.0529. The Morgan fingerprint density at radius 3 is 2.53 bits per heavy atom. The number of nitrogens with zero attached hydrogens (tertiary/aromatic N) is 2. The molecule has 4 aromatic rings. The molecule has 150 valence electrons. The Morgan fingerprint density at radius 2 is 1.83 bits per heavy atom. The minimum Gasteiger partial charge on any atom is -0.462 e. The molecule has 0 aliphatic rings. The van der Waals surface area contributed by atoms with Gasteiger partial charge >= 0.3 is 5.97 Å². The lowest BCUT2D eigenvalue weighted by Crippen LogP contribution is -2.05. The number of hydrogen-bond acceptors (Lipinski definition) is 4. The molecule has 0 unspecified atom stereocenters. The van der Waals surface area contributed by atoms with Crippen molar-refractivity contribution in [2.24, 2.45) is 0 Å². The van der Waals surface area contributed by atoms with Gasteiger partial charge in [0.1, 0.15) is 6.33 Å². The molecule has 2 heterocycles. The Balaban J connectivity index is 1.90. The van der Waals surface area contributed by atoms with Gasteiger partial charge < -0.3 is 4.74 Å². The Hall–Kier alpha value is -2.96. The number of carbonyl (C=O) groups is 2. The van der Waals surface area contributed by atoms with Crippen LogP contribution in [0.5, 0.6) is 0 Å². The van der Waals surface area contributed by atoms with Crippen molar-refractivity contribution in [2.45, 2.75) is 6.92 Å². The summed E-state index contributed by atoms with van der Waals surface area (Å²) in [7, 11) is 0. The van der Waals surface area contributed by atoms with Gasteiger partial charge in [-0.2, -0.15) is 0 Å². The number of ketones is 1. The molecule has 0 aliphatic carbocycles. The van der Waals surface area contributed by atoms with Crippen LogP contribution >= 0.6 is 27.5 Å². The van der Waals surface area contributed by atoms with E-state index >= 15 is 0 Å². The van der Waals surface area contributed by atoms with Gasteiger partial charge in [0.25, 0.3) is 0 Å². The smallest absolute Gasteiger partial charge is 0.340 e. The number of benzene rings is 2. The maximum atomic E-state index is 13.1. The van der Waals surface area contributed by atoms with Crippen LogP contribution in [0, 0.1) is 0 Å². The van der Waals surface area contributed by atoms with Gasteiger partial charge in [0.15, 0.2) is 0 Å². The van der Waals surface area contributed by atoms with Crippen molar-refractivity contribution in [3.63, 3.8) is 0 Å². The summed E-state index contributed by atoms with van der Waals surface area (Å²) in [5.74, 6) is -0.721. The highest BCUT2D eigenvalue weighted by molar-refractivity contribution is 9.10. The van der Waals surface area contributed by atoms with Gasteiger partial charge in [-0.15, -0.1) is 0 Å². The van der Waals surface area contributed by atoms with Crippen LogP contribution in [0.15, 0.2) is 71.5 Å². The summed E-state index contributed by atoms with van der Waals surface area (Å²) in [4.78, 5) is 30.2. The summed E-state index contributed by atoms with van der Waals surface area (Å²) in [6, 6.07) is 17.6. The molecule has 0 saturated heterocycles. The van der Waals surface area contributed by atoms with E-state index in [2.05, 4.69) is 20.9 Å². The molecular weight excluding hydrogens is 468 g/mol. The van der Waals surface area contributed by atoms with Crippen LogP contribution in [0.1, 0.15) is 33.3 Å². The van der Waals surface area contributed by atoms with Gasteiger partial charge in [-0.25, -0.2) is 9.78 Å². The lowest BCUT2D eigenvalue weighted by atomic mass is 10.1. The summed E-state index contributed by atoms with van der Waals surface area (Å²) in [6.45, 7) is 1.97. The first kappa shape index (κ1) is 20.3. The predicted molar refractivity (Wildman–Crippen MR) is 119 cm³/mol. The third kappa shape index (κ3) is 3.76. The first-order chi connectivity index (χ1) is 14.5. The number of rotatable bonds is 5. The average Bonchev–Trinajstić information content (AvgIpc) is 3.13. The zero-order valence-electron chi connectivity index (χ0n) is 15.9. The predicted octanol–water partition coefficient (Wildman–Crippen LogP) is 5.82. The van der Waals surface area contributed by atoms with Gasteiger partial charge in [-0.05, 0) is 49.4 Å². The van der Waals surface area contributed by atoms with E-state index in [-0.39, 0.29) is 12.4 Å². The first-order valence-corrected chi connectivity index (χ1v) is 10.4. The summed E-state index contributed by atoms with van der Waals surface area (Å²) in [5.41, 5.74) is 2.99. The second-order valence-electron chi connectivity index (χ2n) is 6.51. The van der Waals surface area contributed by atoms with Crippen LogP contribution in [-0.2, 0) is 4.74 Å². The topological polar surface area (TPSA) is 60.7 Å². The van der Waals surface area contributed by atoms with Crippen molar-refractivity contribution in [1.29, 1.82) is 0 Å². The highest BCUT2D eigenvalue weighted by Gasteiger charge is 2.22. The molecule has 7 heteroatoms. The molecule has 2 aromatic carbocycles. The number of fused-ring (bicyclic) bond motifs is 1. The zero-order chi connectivity index (χ0) is 21.3. The van der Waals surface area contributed by atoms with Crippen molar-refractivity contribution < 1.29 is 14.3 Å². The molecule has 0 fully saturated rings. The monoisotopic (exact) mass is 482 g/mol. The molecule has 0 amide bonds. The molecule has 0 atom stereocenters. The van der Waals surface area contributed by atoms with Gasteiger partial charge in [-0.3, -0.25) is 9.20 Å². The van der Waals surface area contributed by atoms with E-state index in [1.54, 1.807) is 53.8 Å². The lowest BCUT2D eigenvalue weighted by Gasteiger charge is -2.07. The summed E-state index contributed by atoms with van der Waals surface area (Å²) in [5, 5.41) is 0.546. The number of hydrogen-bond donors (Lipinski definition) is 0. The van der Waals surface area contributed by atoms with Crippen molar-refractivity contribution in [2.75, 3.05) is 6.61 Å². The molecular formula is C23H16BrClN2O3. The standard InChI is InChI=1S/C23H16BrClN2O3/c1-2-30-23(29)17-11-21(22(28)14-7-9-15(24)10-8-14)27-13-26-19(12-20(17)27)16-5-3-4-6-18(16)25/h3-13H,2H2,1H3. The quantitative estimate of drug-likeness (QED) is 0.265. The highest BCUT2D eigenvalue weighted by atomic mass is 79.9. The van der Waals surface area contributed by atoms with Crippen molar-refractivity contribution in [3.8, 4) is 11.3 Å². The summed E-state index contributed by atoms with van der Waals surface area (Å²) >= 11 is 9.68. The maximum absolute atomic E-state index is 13.1. The Bertz CT molecular complexity index is 1270. The molecule has 2 aromatic heterocycles. The van der Waals surface area contributed by atoms with Crippen LogP contribution in [0.4, 0.5) is 0 Å². The molecule has 0 spiro atoms. The number of halogens is 2.